The molecule has 1 aromatic rings. The maximum Gasteiger partial charge on any atom is 0.273 e. The molecule has 0 aromatic carbocycles. The van der Waals surface area contributed by atoms with Gasteiger partial charge in [0.2, 0.25) is 0 Å². The fourth-order valence-electron chi connectivity index (χ4n) is 0.854. The van der Waals surface area contributed by atoms with E-state index >= 15 is 0 Å². The molecule has 0 aliphatic heterocycles. The highest BCUT2D eigenvalue weighted by Crippen LogP contribution is 2.08. The number of nitrogens with one attached hydrogen (secondary N) is 1. The smallest absolute Gasteiger partial charge is 0.273 e. The largest absolute Gasteiger partial charge is 0.733 e. The first-order valence-electron chi connectivity index (χ1n) is 3.39. The van der Waals surface area contributed by atoms with Crippen LogP contribution >= 0.6 is 0 Å². The SMILES string of the molecule is Cc1cc(N([O-])O)c(=O)[nH]c1C. The molecule has 0 aliphatic carbocycles. The highest BCUT2D eigenvalue weighted by Gasteiger charge is 2.01. The first kappa shape index (κ1) is 8.76. The molecule has 0 atom stereocenters. The van der Waals surface area contributed by atoms with Gasteiger partial charge in [-0.1, -0.05) is 0 Å². The lowest BCUT2D eigenvalue weighted by Crippen LogP contribution is -2.20. The van der Waals surface area contributed by atoms with Gasteiger partial charge in [0.25, 0.3) is 5.56 Å². The van der Waals surface area contributed by atoms with Crippen molar-refractivity contribution in [2.24, 2.45) is 0 Å². The van der Waals surface area contributed by atoms with Crippen molar-refractivity contribution in [3.63, 3.8) is 0 Å². The number of nitrogens with zero attached hydrogens (tertiary/aromatic N) is 1. The average molecular weight is 169 g/mol. The molecule has 5 nitrogen and oxygen atoms in total. The third-order valence-corrected chi connectivity index (χ3v) is 1.68. The number of pyridine rings is 1. The molecule has 0 radical (unpaired) electrons. The topological polar surface area (TPSA) is 79.4 Å². The lowest BCUT2D eigenvalue weighted by molar-refractivity contribution is 0.295. The molecule has 1 rings (SSSR count). The fraction of sp³-hybridized carbons (Fsp3) is 0.286. The van der Waals surface area contributed by atoms with Crippen LogP contribution in [-0.4, -0.2) is 10.2 Å². The Kier molecular flexibility index (Phi) is 2.16. The molecule has 5 heteroatoms. The van der Waals surface area contributed by atoms with E-state index in [1.165, 1.54) is 6.07 Å². The van der Waals surface area contributed by atoms with Crippen molar-refractivity contribution >= 4 is 5.69 Å². The van der Waals surface area contributed by atoms with Crippen molar-refractivity contribution in [3.8, 4) is 0 Å². The maximum absolute atomic E-state index is 11.0. The summed E-state index contributed by atoms with van der Waals surface area (Å²) in [5.41, 5.74) is 0.554. The Labute approximate surface area is 68.8 Å². The number of hydrogen-bond donors (Lipinski definition) is 2. The van der Waals surface area contributed by atoms with Gasteiger partial charge in [-0.05, 0) is 25.5 Å². The second-order valence-electron chi connectivity index (χ2n) is 2.56. The minimum atomic E-state index is -0.587. The van der Waals surface area contributed by atoms with Crippen LogP contribution in [0.1, 0.15) is 11.3 Å². The van der Waals surface area contributed by atoms with Crippen LogP contribution in [0.25, 0.3) is 0 Å². The van der Waals surface area contributed by atoms with E-state index in [1.54, 1.807) is 13.8 Å². The fourth-order valence-corrected chi connectivity index (χ4v) is 0.854. The highest BCUT2D eigenvalue weighted by molar-refractivity contribution is 5.45. The van der Waals surface area contributed by atoms with Crippen LogP contribution in [0.5, 0.6) is 0 Å². The van der Waals surface area contributed by atoms with Crippen molar-refractivity contribution < 1.29 is 5.21 Å². The lowest BCUT2D eigenvalue weighted by Gasteiger charge is -2.20. The van der Waals surface area contributed by atoms with Gasteiger partial charge in [0.15, 0.2) is 0 Å². The van der Waals surface area contributed by atoms with Crippen LogP contribution in [0, 0.1) is 19.1 Å². The maximum atomic E-state index is 11.0. The van der Waals surface area contributed by atoms with E-state index in [0.717, 1.165) is 5.56 Å². The predicted molar refractivity (Wildman–Crippen MR) is 44.2 cm³/mol. The van der Waals surface area contributed by atoms with Crippen LogP contribution in [0.4, 0.5) is 5.69 Å². The van der Waals surface area contributed by atoms with E-state index in [-0.39, 0.29) is 5.69 Å². The third-order valence-electron chi connectivity index (χ3n) is 1.68. The van der Waals surface area contributed by atoms with Gasteiger partial charge >= 0.3 is 0 Å². The zero-order chi connectivity index (χ0) is 9.30. The van der Waals surface area contributed by atoms with E-state index in [2.05, 4.69) is 4.98 Å². The number of H-pyrrole nitrogens is 1. The van der Waals surface area contributed by atoms with Gasteiger partial charge in [0, 0.05) is 5.69 Å². The Balaban J connectivity index is 3.33. The van der Waals surface area contributed by atoms with Crippen LogP contribution in [-0.2, 0) is 0 Å². The molecule has 0 bridgehead atoms. The van der Waals surface area contributed by atoms with Crippen molar-refractivity contribution in [1.29, 1.82) is 0 Å². The number of aromatic nitrogens is 1. The number of aromatic amines is 1. The van der Waals surface area contributed by atoms with Crippen LogP contribution in [0.2, 0.25) is 0 Å². The van der Waals surface area contributed by atoms with E-state index < -0.39 is 10.8 Å². The van der Waals surface area contributed by atoms with Crippen molar-refractivity contribution in [2.75, 3.05) is 5.23 Å². The van der Waals surface area contributed by atoms with Crippen LogP contribution in [0.3, 0.4) is 0 Å². The van der Waals surface area contributed by atoms with Gasteiger partial charge in [-0.15, -0.1) is 0 Å². The lowest BCUT2D eigenvalue weighted by atomic mass is 10.2. The molecule has 12 heavy (non-hydrogen) atoms. The Morgan fingerprint density at radius 2 is 2.17 bits per heavy atom. The second kappa shape index (κ2) is 2.96. The summed E-state index contributed by atoms with van der Waals surface area (Å²) in [6.45, 7) is 3.45. The predicted octanol–water partition coefficient (Wildman–Crippen LogP) is 0.685. The second-order valence-corrected chi connectivity index (χ2v) is 2.56. The number of rotatable bonds is 1. The molecule has 0 fully saturated rings. The van der Waals surface area contributed by atoms with E-state index in [9.17, 15) is 10.0 Å². The van der Waals surface area contributed by atoms with Gasteiger partial charge < -0.3 is 15.4 Å². The molecule has 0 saturated carbocycles. The van der Waals surface area contributed by atoms with Gasteiger partial charge in [-0.2, -0.15) is 0 Å². The molecule has 1 heterocycles. The summed E-state index contributed by atoms with van der Waals surface area (Å²) in [6.07, 6.45) is 0. The Morgan fingerprint density at radius 3 is 2.67 bits per heavy atom. The molecule has 2 N–H and O–H groups in total. The van der Waals surface area contributed by atoms with E-state index in [4.69, 9.17) is 5.21 Å². The summed E-state index contributed by atoms with van der Waals surface area (Å²) < 4.78 is 0. The summed E-state index contributed by atoms with van der Waals surface area (Å²) in [7, 11) is 0. The minimum absolute atomic E-state index is 0.293. The molecular formula is C7H9N2O3-. The quantitative estimate of drug-likeness (QED) is 0.606. The summed E-state index contributed by atoms with van der Waals surface area (Å²) in [5, 5.41) is 18.4. The zero-order valence-electron chi connectivity index (χ0n) is 6.79. The van der Waals surface area contributed by atoms with E-state index in [1.807, 2.05) is 0 Å². The Bertz CT molecular complexity index is 343. The zero-order valence-corrected chi connectivity index (χ0v) is 6.79. The van der Waals surface area contributed by atoms with Crippen LogP contribution < -0.4 is 10.8 Å². The Morgan fingerprint density at radius 1 is 1.58 bits per heavy atom. The molecule has 0 spiro atoms. The Hall–Kier alpha value is -1.33. The van der Waals surface area contributed by atoms with Crippen molar-refractivity contribution in [1.82, 2.24) is 4.98 Å². The number of hydrogen-bond acceptors (Lipinski definition) is 4. The van der Waals surface area contributed by atoms with Crippen molar-refractivity contribution in [3.05, 3.63) is 32.9 Å². The highest BCUT2D eigenvalue weighted by atomic mass is 16.8. The minimum Gasteiger partial charge on any atom is -0.733 e. The normalized spacial score (nSPS) is 10.0. The third kappa shape index (κ3) is 1.46. The number of aryl methyl sites for hydroxylation is 2. The summed E-state index contributed by atoms with van der Waals surface area (Å²) in [4.78, 5) is 13.4. The molecule has 0 unspecified atom stereocenters. The molecule has 0 aliphatic rings. The van der Waals surface area contributed by atoms with Gasteiger partial charge in [0.1, 0.15) is 5.69 Å². The molecular weight excluding hydrogens is 160 g/mol. The molecule has 1 aromatic heterocycles. The average Bonchev–Trinajstić information content (AvgIpc) is 1.96. The van der Waals surface area contributed by atoms with Crippen LogP contribution in [0.15, 0.2) is 10.9 Å². The first-order valence-corrected chi connectivity index (χ1v) is 3.39. The number of anilines is 1. The van der Waals surface area contributed by atoms with Gasteiger partial charge in [0.05, 0.1) is 0 Å². The van der Waals surface area contributed by atoms with Gasteiger partial charge in [-0.3, -0.25) is 10.0 Å². The standard InChI is InChI=1S/C7H9N2O3/c1-4-3-6(9(11)12)7(10)8-5(4)2/h3,11H,1-2H3,(H,8,10)/q-1. The van der Waals surface area contributed by atoms with Crippen molar-refractivity contribution in [2.45, 2.75) is 13.8 Å². The van der Waals surface area contributed by atoms with Gasteiger partial charge in [-0.25, -0.2) is 0 Å². The molecule has 0 amide bonds. The summed E-state index contributed by atoms with van der Waals surface area (Å²) >= 11 is 0. The molecule has 66 valence electrons. The first-order chi connectivity index (χ1) is 5.52. The monoisotopic (exact) mass is 169 g/mol. The molecule has 0 saturated heterocycles. The summed E-state index contributed by atoms with van der Waals surface area (Å²) in [5.74, 6) is 0. The van der Waals surface area contributed by atoms with E-state index in [0.29, 0.717) is 5.69 Å². The summed E-state index contributed by atoms with van der Waals surface area (Å²) in [6, 6.07) is 1.33.